The van der Waals surface area contributed by atoms with Crippen LogP contribution in [0, 0.1) is 0 Å². The summed E-state index contributed by atoms with van der Waals surface area (Å²) in [6, 6.07) is 0. The van der Waals surface area contributed by atoms with E-state index in [0.29, 0.717) is 6.61 Å². The van der Waals surface area contributed by atoms with E-state index in [9.17, 15) is 4.79 Å². The highest BCUT2D eigenvalue weighted by Gasteiger charge is 2.19. The van der Waals surface area contributed by atoms with Crippen molar-refractivity contribution in [3.05, 3.63) is 24.8 Å². The zero-order valence-electron chi connectivity index (χ0n) is 7.73. The standard InChI is InChI=1S/C10H14O3/c1-3-10(11)13-9-6-4-5-7-12-8(9)2/h3-4,6,8-9H,1,5,7H2,2H3/t8-,9+/m1/s1. The van der Waals surface area contributed by atoms with Gasteiger partial charge in [0.25, 0.3) is 0 Å². The molecule has 3 heteroatoms. The first-order valence-corrected chi connectivity index (χ1v) is 4.35. The lowest BCUT2D eigenvalue weighted by Gasteiger charge is -2.18. The third kappa shape index (κ3) is 3.03. The Morgan fingerprint density at radius 1 is 1.77 bits per heavy atom. The fourth-order valence-corrected chi connectivity index (χ4v) is 1.12. The molecule has 0 saturated carbocycles. The molecule has 1 aliphatic rings. The predicted molar refractivity (Wildman–Crippen MR) is 49.2 cm³/mol. The van der Waals surface area contributed by atoms with Crippen LogP contribution in [0.4, 0.5) is 0 Å². The first kappa shape index (κ1) is 9.99. The summed E-state index contributed by atoms with van der Waals surface area (Å²) in [5.74, 6) is -0.410. The molecule has 0 spiro atoms. The van der Waals surface area contributed by atoms with Crippen molar-refractivity contribution in [3.63, 3.8) is 0 Å². The molecule has 72 valence electrons. The van der Waals surface area contributed by atoms with Crippen LogP contribution in [0.2, 0.25) is 0 Å². The van der Waals surface area contributed by atoms with Gasteiger partial charge in [0.15, 0.2) is 0 Å². The van der Waals surface area contributed by atoms with Crippen molar-refractivity contribution in [2.45, 2.75) is 25.6 Å². The minimum absolute atomic E-state index is 0.0809. The first-order valence-electron chi connectivity index (χ1n) is 4.35. The third-order valence-electron chi connectivity index (χ3n) is 1.87. The smallest absolute Gasteiger partial charge is 0.330 e. The molecule has 2 atom stereocenters. The van der Waals surface area contributed by atoms with Crippen LogP contribution in [0.15, 0.2) is 24.8 Å². The van der Waals surface area contributed by atoms with E-state index in [1.807, 2.05) is 19.1 Å². The Labute approximate surface area is 78.0 Å². The number of carbonyl (C=O) groups excluding carboxylic acids is 1. The lowest BCUT2D eigenvalue weighted by molar-refractivity contribution is -0.146. The minimum atomic E-state index is -0.410. The molecule has 0 aromatic heterocycles. The Morgan fingerprint density at radius 2 is 2.54 bits per heavy atom. The SMILES string of the molecule is C=CC(=O)O[C@H]1C=CCCO[C@@H]1C. The van der Waals surface area contributed by atoms with Crippen LogP contribution >= 0.6 is 0 Å². The number of hydrogen-bond acceptors (Lipinski definition) is 3. The molecule has 0 aromatic rings. The van der Waals surface area contributed by atoms with E-state index in [-0.39, 0.29) is 12.2 Å². The molecule has 1 heterocycles. The van der Waals surface area contributed by atoms with Crippen LogP contribution in [-0.2, 0) is 14.3 Å². The molecular formula is C10H14O3. The molecule has 1 aliphatic heterocycles. The van der Waals surface area contributed by atoms with Gasteiger partial charge in [-0.3, -0.25) is 0 Å². The summed E-state index contributed by atoms with van der Waals surface area (Å²) in [4.78, 5) is 10.9. The molecule has 0 aromatic carbocycles. The number of esters is 1. The summed E-state index contributed by atoms with van der Waals surface area (Å²) < 4.78 is 10.5. The van der Waals surface area contributed by atoms with Gasteiger partial charge in [-0.2, -0.15) is 0 Å². The molecule has 0 unspecified atom stereocenters. The van der Waals surface area contributed by atoms with Gasteiger partial charge in [-0.1, -0.05) is 12.7 Å². The van der Waals surface area contributed by atoms with Crippen molar-refractivity contribution in [2.24, 2.45) is 0 Å². The van der Waals surface area contributed by atoms with Crippen LogP contribution in [0.1, 0.15) is 13.3 Å². The number of carbonyl (C=O) groups is 1. The molecule has 0 amide bonds. The molecule has 0 radical (unpaired) electrons. The maximum Gasteiger partial charge on any atom is 0.330 e. The molecule has 0 aliphatic carbocycles. The lowest BCUT2D eigenvalue weighted by Crippen LogP contribution is -2.28. The average Bonchev–Trinajstić information content (AvgIpc) is 2.32. The highest BCUT2D eigenvalue weighted by molar-refractivity contribution is 5.81. The van der Waals surface area contributed by atoms with E-state index in [0.717, 1.165) is 12.5 Å². The zero-order chi connectivity index (χ0) is 9.68. The van der Waals surface area contributed by atoms with Crippen LogP contribution in [0.5, 0.6) is 0 Å². The quantitative estimate of drug-likeness (QED) is 0.368. The summed E-state index contributed by atoms with van der Waals surface area (Å²) in [5, 5.41) is 0. The van der Waals surface area contributed by atoms with Crippen molar-refractivity contribution >= 4 is 5.97 Å². The van der Waals surface area contributed by atoms with Crippen LogP contribution < -0.4 is 0 Å². The summed E-state index contributed by atoms with van der Waals surface area (Å²) in [7, 11) is 0. The Hall–Kier alpha value is -1.09. The number of rotatable bonds is 2. The third-order valence-corrected chi connectivity index (χ3v) is 1.87. The van der Waals surface area contributed by atoms with Gasteiger partial charge in [-0.25, -0.2) is 4.79 Å². The maximum atomic E-state index is 10.9. The zero-order valence-corrected chi connectivity index (χ0v) is 7.73. The molecule has 0 saturated heterocycles. The monoisotopic (exact) mass is 182 g/mol. The Morgan fingerprint density at radius 3 is 3.23 bits per heavy atom. The Balaban J connectivity index is 2.53. The van der Waals surface area contributed by atoms with E-state index in [2.05, 4.69) is 6.58 Å². The summed E-state index contributed by atoms with van der Waals surface area (Å²) in [6.45, 7) is 5.90. The molecule has 0 fully saturated rings. The summed E-state index contributed by atoms with van der Waals surface area (Å²) >= 11 is 0. The van der Waals surface area contributed by atoms with Gasteiger partial charge in [0.2, 0.25) is 0 Å². The maximum absolute atomic E-state index is 10.9. The van der Waals surface area contributed by atoms with Crippen molar-refractivity contribution < 1.29 is 14.3 Å². The Kier molecular flexibility index (Phi) is 3.71. The van der Waals surface area contributed by atoms with Gasteiger partial charge in [0, 0.05) is 6.08 Å². The van der Waals surface area contributed by atoms with Gasteiger partial charge >= 0.3 is 5.97 Å². The van der Waals surface area contributed by atoms with Gasteiger partial charge < -0.3 is 9.47 Å². The van der Waals surface area contributed by atoms with E-state index in [1.165, 1.54) is 0 Å². The van der Waals surface area contributed by atoms with Gasteiger partial charge in [0.05, 0.1) is 12.7 Å². The van der Waals surface area contributed by atoms with E-state index < -0.39 is 5.97 Å². The first-order chi connectivity index (χ1) is 6.24. The minimum Gasteiger partial charge on any atom is -0.452 e. The molecule has 0 bridgehead atoms. The highest BCUT2D eigenvalue weighted by atomic mass is 16.6. The Bertz CT molecular complexity index is 220. The average molecular weight is 182 g/mol. The van der Waals surface area contributed by atoms with E-state index in [1.54, 1.807) is 0 Å². The second kappa shape index (κ2) is 4.82. The van der Waals surface area contributed by atoms with Crippen LogP contribution in [-0.4, -0.2) is 24.8 Å². The van der Waals surface area contributed by atoms with E-state index in [4.69, 9.17) is 9.47 Å². The second-order valence-electron chi connectivity index (χ2n) is 2.90. The second-order valence-corrected chi connectivity index (χ2v) is 2.90. The van der Waals surface area contributed by atoms with Gasteiger partial charge in [0.1, 0.15) is 6.10 Å². The van der Waals surface area contributed by atoms with Gasteiger partial charge in [-0.05, 0) is 19.4 Å². The van der Waals surface area contributed by atoms with Crippen molar-refractivity contribution in [3.8, 4) is 0 Å². The summed E-state index contributed by atoms with van der Waals surface area (Å²) in [6.07, 6.45) is 5.48. The number of ether oxygens (including phenoxy) is 2. The van der Waals surface area contributed by atoms with E-state index >= 15 is 0 Å². The normalized spacial score (nSPS) is 27.8. The lowest BCUT2D eigenvalue weighted by atomic mass is 10.2. The highest BCUT2D eigenvalue weighted by Crippen LogP contribution is 2.11. The van der Waals surface area contributed by atoms with Crippen molar-refractivity contribution in [2.75, 3.05) is 6.61 Å². The largest absolute Gasteiger partial charge is 0.452 e. The van der Waals surface area contributed by atoms with Gasteiger partial charge in [-0.15, -0.1) is 0 Å². The van der Waals surface area contributed by atoms with Crippen LogP contribution in [0.25, 0.3) is 0 Å². The van der Waals surface area contributed by atoms with Crippen molar-refractivity contribution in [1.82, 2.24) is 0 Å². The molecule has 13 heavy (non-hydrogen) atoms. The number of hydrogen-bond donors (Lipinski definition) is 0. The topological polar surface area (TPSA) is 35.5 Å². The van der Waals surface area contributed by atoms with Crippen molar-refractivity contribution in [1.29, 1.82) is 0 Å². The van der Waals surface area contributed by atoms with Crippen LogP contribution in [0.3, 0.4) is 0 Å². The molecule has 0 N–H and O–H groups in total. The fraction of sp³-hybridized carbons (Fsp3) is 0.500. The molecule has 3 nitrogen and oxygen atoms in total. The molecular weight excluding hydrogens is 168 g/mol. The predicted octanol–water partition coefficient (Wildman–Crippen LogP) is 1.45. The molecule has 1 rings (SSSR count). The fourth-order valence-electron chi connectivity index (χ4n) is 1.12. The summed E-state index contributed by atoms with van der Waals surface area (Å²) in [5.41, 5.74) is 0.